The van der Waals surface area contributed by atoms with Crippen LogP contribution in [0.4, 0.5) is 0 Å². The molecular weight excluding hydrogens is 261 g/mol. The summed E-state index contributed by atoms with van der Waals surface area (Å²) in [5.74, 6) is 0. The molecule has 0 aliphatic heterocycles. The Morgan fingerprint density at radius 3 is 2.53 bits per heavy atom. The molecule has 17 heavy (non-hydrogen) atoms. The van der Waals surface area contributed by atoms with Crippen LogP contribution in [0.2, 0.25) is 10.2 Å². The third-order valence-corrected chi connectivity index (χ3v) is 2.48. The molecule has 0 atom stereocenters. The highest BCUT2D eigenvalue weighted by Gasteiger charge is 2.09. The quantitative estimate of drug-likeness (QED) is 0.607. The molecule has 1 rings (SSSR count). The molecule has 0 N–H and O–H groups in total. The fraction of sp³-hybridized carbons (Fsp3) is 0.583. The van der Waals surface area contributed by atoms with Crippen molar-refractivity contribution in [3.63, 3.8) is 0 Å². The van der Waals surface area contributed by atoms with E-state index in [1.54, 1.807) is 12.3 Å². The maximum absolute atomic E-state index is 5.98. The molecule has 0 aliphatic carbocycles. The second-order valence-electron chi connectivity index (χ2n) is 4.61. The Morgan fingerprint density at radius 1 is 1.24 bits per heavy atom. The Hall–Kier alpha value is -0.350. The number of aromatic nitrogens is 1. The first-order valence-corrected chi connectivity index (χ1v) is 6.16. The minimum absolute atomic E-state index is 0.136. The van der Waals surface area contributed by atoms with Crippen LogP contribution in [0.15, 0.2) is 12.3 Å². The van der Waals surface area contributed by atoms with Crippen LogP contribution in [0.1, 0.15) is 26.3 Å². The van der Waals surface area contributed by atoms with Crippen molar-refractivity contribution in [2.75, 3.05) is 13.2 Å². The molecule has 1 aromatic heterocycles. The lowest BCUT2D eigenvalue weighted by atomic mass is 10.2. The van der Waals surface area contributed by atoms with Crippen molar-refractivity contribution in [1.29, 1.82) is 0 Å². The molecular formula is C12H17Cl2NO2. The predicted molar refractivity (Wildman–Crippen MR) is 69.6 cm³/mol. The number of hydrogen-bond acceptors (Lipinski definition) is 3. The summed E-state index contributed by atoms with van der Waals surface area (Å²) in [7, 11) is 0. The zero-order valence-electron chi connectivity index (χ0n) is 10.3. The topological polar surface area (TPSA) is 31.4 Å². The van der Waals surface area contributed by atoms with E-state index in [-0.39, 0.29) is 5.60 Å². The first-order valence-electron chi connectivity index (χ1n) is 5.40. The molecule has 0 aromatic carbocycles. The molecule has 0 bridgehead atoms. The number of hydrogen-bond donors (Lipinski definition) is 0. The molecule has 0 unspecified atom stereocenters. The van der Waals surface area contributed by atoms with Crippen LogP contribution in [0.3, 0.4) is 0 Å². The number of pyridine rings is 1. The average molecular weight is 278 g/mol. The van der Waals surface area contributed by atoms with E-state index in [2.05, 4.69) is 4.98 Å². The Morgan fingerprint density at radius 2 is 1.94 bits per heavy atom. The predicted octanol–water partition coefficient (Wildman–Crippen LogP) is 3.72. The van der Waals surface area contributed by atoms with Crippen molar-refractivity contribution in [3.8, 4) is 0 Å². The molecule has 3 nitrogen and oxygen atoms in total. The van der Waals surface area contributed by atoms with Crippen LogP contribution in [-0.4, -0.2) is 23.8 Å². The Bertz CT molecular complexity index is 364. The van der Waals surface area contributed by atoms with E-state index in [4.69, 9.17) is 32.7 Å². The van der Waals surface area contributed by atoms with Crippen molar-refractivity contribution in [2.45, 2.75) is 33.0 Å². The molecule has 5 heteroatoms. The standard InChI is InChI=1S/C12H17Cl2NO2/c1-12(2,3)17-5-4-16-8-9-7-15-11(14)6-10(9)13/h6-7H,4-5,8H2,1-3H3. The van der Waals surface area contributed by atoms with Gasteiger partial charge >= 0.3 is 0 Å². The van der Waals surface area contributed by atoms with Gasteiger partial charge in [0, 0.05) is 11.8 Å². The fourth-order valence-corrected chi connectivity index (χ4v) is 1.55. The highest BCUT2D eigenvalue weighted by Crippen LogP contribution is 2.19. The van der Waals surface area contributed by atoms with Gasteiger partial charge in [-0.25, -0.2) is 4.98 Å². The minimum atomic E-state index is -0.136. The zero-order chi connectivity index (χ0) is 12.9. The number of halogens is 2. The van der Waals surface area contributed by atoms with Gasteiger partial charge in [-0.15, -0.1) is 0 Å². The summed E-state index contributed by atoms with van der Waals surface area (Å²) >= 11 is 11.7. The van der Waals surface area contributed by atoms with Gasteiger partial charge in [0.05, 0.1) is 30.4 Å². The molecule has 1 aromatic rings. The fourth-order valence-electron chi connectivity index (χ4n) is 1.13. The normalized spacial score (nSPS) is 11.8. The van der Waals surface area contributed by atoms with Gasteiger partial charge < -0.3 is 9.47 Å². The summed E-state index contributed by atoms with van der Waals surface area (Å²) in [6.07, 6.45) is 1.62. The monoisotopic (exact) mass is 277 g/mol. The van der Waals surface area contributed by atoms with E-state index in [1.165, 1.54) is 0 Å². The maximum Gasteiger partial charge on any atom is 0.130 e. The minimum Gasteiger partial charge on any atom is -0.374 e. The third-order valence-electron chi connectivity index (χ3n) is 1.92. The van der Waals surface area contributed by atoms with Gasteiger partial charge in [-0.2, -0.15) is 0 Å². The number of ether oxygens (including phenoxy) is 2. The Kier molecular flexibility index (Phi) is 5.67. The number of rotatable bonds is 5. The van der Waals surface area contributed by atoms with E-state index in [1.807, 2.05) is 20.8 Å². The van der Waals surface area contributed by atoms with Crippen LogP contribution < -0.4 is 0 Å². The van der Waals surface area contributed by atoms with Gasteiger partial charge in [-0.3, -0.25) is 0 Å². The van der Waals surface area contributed by atoms with Crippen molar-refractivity contribution in [1.82, 2.24) is 4.98 Å². The Balaban J connectivity index is 2.27. The van der Waals surface area contributed by atoms with Crippen LogP contribution in [0.25, 0.3) is 0 Å². The molecule has 0 saturated heterocycles. The summed E-state index contributed by atoms with van der Waals surface area (Å²) < 4.78 is 11.0. The van der Waals surface area contributed by atoms with Crippen LogP contribution in [0, 0.1) is 0 Å². The number of nitrogens with zero attached hydrogens (tertiary/aromatic N) is 1. The van der Waals surface area contributed by atoms with Crippen molar-refractivity contribution < 1.29 is 9.47 Å². The molecule has 0 radical (unpaired) electrons. The van der Waals surface area contributed by atoms with Gasteiger partial charge in [-0.1, -0.05) is 23.2 Å². The summed E-state index contributed by atoms with van der Waals surface area (Å²) in [6, 6.07) is 1.60. The third kappa shape index (κ3) is 6.22. The summed E-state index contributed by atoms with van der Waals surface area (Å²) in [6.45, 7) is 7.52. The largest absolute Gasteiger partial charge is 0.374 e. The molecule has 0 saturated carbocycles. The second-order valence-corrected chi connectivity index (χ2v) is 5.41. The lowest BCUT2D eigenvalue weighted by Gasteiger charge is -2.19. The summed E-state index contributed by atoms with van der Waals surface area (Å²) in [5.41, 5.74) is 0.690. The SMILES string of the molecule is CC(C)(C)OCCOCc1cnc(Cl)cc1Cl. The summed E-state index contributed by atoms with van der Waals surface area (Å²) in [4.78, 5) is 3.95. The van der Waals surface area contributed by atoms with E-state index in [9.17, 15) is 0 Å². The molecule has 1 heterocycles. The van der Waals surface area contributed by atoms with Crippen molar-refractivity contribution >= 4 is 23.2 Å². The highest BCUT2D eigenvalue weighted by atomic mass is 35.5. The lowest BCUT2D eigenvalue weighted by Crippen LogP contribution is -2.21. The van der Waals surface area contributed by atoms with Crippen molar-refractivity contribution in [2.24, 2.45) is 0 Å². The van der Waals surface area contributed by atoms with Gasteiger partial charge in [0.1, 0.15) is 5.15 Å². The first kappa shape index (κ1) is 14.7. The second kappa shape index (κ2) is 6.55. The zero-order valence-corrected chi connectivity index (χ0v) is 11.8. The maximum atomic E-state index is 5.98. The van der Waals surface area contributed by atoms with E-state index in [0.29, 0.717) is 30.0 Å². The van der Waals surface area contributed by atoms with E-state index >= 15 is 0 Å². The highest BCUT2D eigenvalue weighted by molar-refractivity contribution is 6.34. The van der Waals surface area contributed by atoms with Crippen LogP contribution in [0.5, 0.6) is 0 Å². The van der Waals surface area contributed by atoms with Gasteiger partial charge in [0.2, 0.25) is 0 Å². The molecule has 0 aliphatic rings. The smallest absolute Gasteiger partial charge is 0.130 e. The molecule has 0 spiro atoms. The first-order chi connectivity index (χ1) is 7.88. The Labute approximate surface area is 112 Å². The van der Waals surface area contributed by atoms with E-state index in [0.717, 1.165) is 5.56 Å². The van der Waals surface area contributed by atoms with E-state index < -0.39 is 0 Å². The summed E-state index contributed by atoms with van der Waals surface area (Å²) in [5, 5.41) is 0.955. The van der Waals surface area contributed by atoms with Gasteiger partial charge in [-0.05, 0) is 26.8 Å². The van der Waals surface area contributed by atoms with Crippen LogP contribution >= 0.6 is 23.2 Å². The average Bonchev–Trinajstić information content (AvgIpc) is 2.18. The van der Waals surface area contributed by atoms with Gasteiger partial charge in [0.15, 0.2) is 0 Å². The molecule has 96 valence electrons. The molecule has 0 amide bonds. The lowest BCUT2D eigenvalue weighted by molar-refractivity contribution is -0.0377. The van der Waals surface area contributed by atoms with Gasteiger partial charge in [0.25, 0.3) is 0 Å². The van der Waals surface area contributed by atoms with Crippen LogP contribution in [-0.2, 0) is 16.1 Å². The van der Waals surface area contributed by atoms with Crippen molar-refractivity contribution in [3.05, 3.63) is 28.0 Å². The molecule has 0 fully saturated rings.